The summed E-state index contributed by atoms with van der Waals surface area (Å²) in [6.07, 6.45) is 3.16. The van der Waals surface area contributed by atoms with Gasteiger partial charge in [-0.2, -0.15) is 0 Å². The van der Waals surface area contributed by atoms with Gasteiger partial charge in [-0.3, -0.25) is 0 Å². The van der Waals surface area contributed by atoms with Gasteiger partial charge < -0.3 is 10.6 Å². The van der Waals surface area contributed by atoms with E-state index in [0.29, 0.717) is 10.7 Å². The summed E-state index contributed by atoms with van der Waals surface area (Å²) in [4.78, 5) is 12.1. The maximum Gasteiger partial charge on any atom is 0.319 e. The molecule has 1 atom stereocenters. The number of fused-ring (bicyclic) bond motifs is 1. The van der Waals surface area contributed by atoms with Crippen LogP contribution in [0.15, 0.2) is 48.5 Å². The minimum atomic E-state index is -0.195. The van der Waals surface area contributed by atoms with E-state index in [9.17, 15) is 4.79 Å². The van der Waals surface area contributed by atoms with Gasteiger partial charge >= 0.3 is 6.03 Å². The molecular formula is C17H17ClN2O. The first kappa shape index (κ1) is 14.0. The predicted molar refractivity (Wildman–Crippen MR) is 85.7 cm³/mol. The van der Waals surface area contributed by atoms with Crippen LogP contribution in [-0.2, 0) is 6.42 Å². The van der Waals surface area contributed by atoms with Gasteiger partial charge in [0.2, 0.25) is 0 Å². The number of benzene rings is 2. The van der Waals surface area contributed by atoms with Crippen molar-refractivity contribution in [3.05, 3.63) is 64.7 Å². The molecule has 108 valence electrons. The predicted octanol–water partition coefficient (Wildman–Crippen LogP) is 4.54. The summed E-state index contributed by atoms with van der Waals surface area (Å²) >= 11 is 5.92. The Morgan fingerprint density at radius 2 is 2.00 bits per heavy atom. The standard InChI is InChI=1S/C17H17ClN2O/c18-13-7-4-8-14(11-13)19-17(21)20-16-10-3-6-12-5-1-2-9-15(12)16/h1-2,4-5,7-9,11,16H,3,6,10H2,(H2,19,20,21)/t16-/m1/s1. The van der Waals surface area contributed by atoms with Crippen LogP contribution in [0, 0.1) is 0 Å². The van der Waals surface area contributed by atoms with Crippen LogP contribution in [0.4, 0.5) is 10.5 Å². The molecule has 0 saturated carbocycles. The molecule has 0 spiro atoms. The summed E-state index contributed by atoms with van der Waals surface area (Å²) in [6.45, 7) is 0. The molecule has 2 amide bonds. The van der Waals surface area contributed by atoms with Crippen LogP contribution in [-0.4, -0.2) is 6.03 Å². The van der Waals surface area contributed by atoms with Gasteiger partial charge in [-0.25, -0.2) is 4.79 Å². The largest absolute Gasteiger partial charge is 0.331 e. The number of nitrogens with one attached hydrogen (secondary N) is 2. The Balaban J connectivity index is 1.68. The third kappa shape index (κ3) is 3.37. The van der Waals surface area contributed by atoms with E-state index in [1.165, 1.54) is 11.1 Å². The monoisotopic (exact) mass is 300 g/mol. The van der Waals surface area contributed by atoms with Gasteiger partial charge in [0, 0.05) is 10.7 Å². The van der Waals surface area contributed by atoms with E-state index >= 15 is 0 Å². The van der Waals surface area contributed by atoms with E-state index in [1.807, 2.05) is 24.3 Å². The number of anilines is 1. The van der Waals surface area contributed by atoms with E-state index < -0.39 is 0 Å². The third-order valence-electron chi connectivity index (χ3n) is 3.76. The van der Waals surface area contributed by atoms with E-state index in [-0.39, 0.29) is 12.1 Å². The number of carbonyl (C=O) groups is 1. The average Bonchev–Trinajstić information content (AvgIpc) is 2.47. The molecule has 0 aromatic heterocycles. The molecule has 0 aliphatic heterocycles. The van der Waals surface area contributed by atoms with Crippen molar-refractivity contribution in [1.29, 1.82) is 0 Å². The van der Waals surface area contributed by atoms with Crippen molar-refractivity contribution >= 4 is 23.3 Å². The zero-order valence-electron chi connectivity index (χ0n) is 11.6. The van der Waals surface area contributed by atoms with Gasteiger partial charge in [-0.15, -0.1) is 0 Å². The molecule has 0 radical (unpaired) electrons. The minimum Gasteiger partial charge on any atom is -0.331 e. The highest BCUT2D eigenvalue weighted by Gasteiger charge is 2.21. The molecule has 21 heavy (non-hydrogen) atoms. The second kappa shape index (κ2) is 6.19. The van der Waals surface area contributed by atoms with E-state index in [4.69, 9.17) is 11.6 Å². The van der Waals surface area contributed by atoms with Gasteiger partial charge in [0.15, 0.2) is 0 Å². The third-order valence-corrected chi connectivity index (χ3v) is 3.99. The average molecular weight is 301 g/mol. The molecule has 1 aliphatic carbocycles. The number of rotatable bonds is 2. The number of carbonyl (C=O) groups excluding carboxylic acids is 1. The SMILES string of the molecule is O=C(Nc1cccc(Cl)c1)N[C@@H]1CCCc2ccccc21. The molecule has 0 saturated heterocycles. The second-order valence-corrected chi connectivity index (χ2v) is 5.69. The number of halogens is 1. The van der Waals surface area contributed by atoms with Crippen LogP contribution in [0.2, 0.25) is 5.02 Å². The van der Waals surface area contributed by atoms with Crippen LogP contribution >= 0.6 is 11.6 Å². The van der Waals surface area contributed by atoms with Gasteiger partial charge in [0.25, 0.3) is 0 Å². The van der Waals surface area contributed by atoms with Crippen molar-refractivity contribution in [2.75, 3.05) is 5.32 Å². The fourth-order valence-electron chi connectivity index (χ4n) is 2.80. The molecular weight excluding hydrogens is 284 g/mol. The summed E-state index contributed by atoms with van der Waals surface area (Å²) < 4.78 is 0. The maximum atomic E-state index is 12.1. The van der Waals surface area contributed by atoms with E-state index in [1.54, 1.807) is 12.1 Å². The smallest absolute Gasteiger partial charge is 0.319 e. The molecule has 2 aromatic carbocycles. The minimum absolute atomic E-state index is 0.0779. The number of amides is 2. The number of hydrogen-bond acceptors (Lipinski definition) is 1. The highest BCUT2D eigenvalue weighted by atomic mass is 35.5. The lowest BCUT2D eigenvalue weighted by Crippen LogP contribution is -2.34. The number of aryl methyl sites for hydroxylation is 1. The number of hydrogen-bond donors (Lipinski definition) is 2. The Labute approximate surface area is 129 Å². The molecule has 0 fully saturated rings. The van der Waals surface area contributed by atoms with Crippen molar-refractivity contribution in [3.8, 4) is 0 Å². The first-order valence-electron chi connectivity index (χ1n) is 7.13. The van der Waals surface area contributed by atoms with Gasteiger partial charge in [-0.1, -0.05) is 41.9 Å². The van der Waals surface area contributed by atoms with Crippen molar-refractivity contribution in [3.63, 3.8) is 0 Å². The lowest BCUT2D eigenvalue weighted by Gasteiger charge is -2.26. The zero-order chi connectivity index (χ0) is 14.7. The van der Waals surface area contributed by atoms with E-state index in [0.717, 1.165) is 19.3 Å². The summed E-state index contributed by atoms with van der Waals surface area (Å²) in [5, 5.41) is 6.48. The van der Waals surface area contributed by atoms with Crippen molar-refractivity contribution < 1.29 is 4.79 Å². The Morgan fingerprint density at radius 3 is 2.86 bits per heavy atom. The first-order chi connectivity index (χ1) is 10.2. The van der Waals surface area contributed by atoms with Crippen LogP contribution in [0.1, 0.15) is 30.0 Å². The van der Waals surface area contributed by atoms with Crippen LogP contribution in [0.3, 0.4) is 0 Å². The topological polar surface area (TPSA) is 41.1 Å². The number of urea groups is 1. The summed E-state index contributed by atoms with van der Waals surface area (Å²) in [7, 11) is 0. The van der Waals surface area contributed by atoms with Gasteiger partial charge in [-0.05, 0) is 48.6 Å². The fraction of sp³-hybridized carbons (Fsp3) is 0.235. The van der Waals surface area contributed by atoms with Crippen LogP contribution in [0.25, 0.3) is 0 Å². The lowest BCUT2D eigenvalue weighted by atomic mass is 9.88. The molecule has 4 heteroatoms. The summed E-state index contributed by atoms with van der Waals surface area (Å²) in [6, 6.07) is 15.3. The second-order valence-electron chi connectivity index (χ2n) is 5.25. The quantitative estimate of drug-likeness (QED) is 0.840. The van der Waals surface area contributed by atoms with Crippen LogP contribution in [0.5, 0.6) is 0 Å². The molecule has 3 rings (SSSR count). The lowest BCUT2D eigenvalue weighted by molar-refractivity contribution is 0.247. The van der Waals surface area contributed by atoms with Crippen molar-refractivity contribution in [2.24, 2.45) is 0 Å². The van der Waals surface area contributed by atoms with Crippen LogP contribution < -0.4 is 10.6 Å². The summed E-state index contributed by atoms with van der Waals surface area (Å²) in [5.74, 6) is 0. The van der Waals surface area contributed by atoms with E-state index in [2.05, 4.69) is 22.8 Å². The molecule has 3 nitrogen and oxygen atoms in total. The van der Waals surface area contributed by atoms with Crippen molar-refractivity contribution in [1.82, 2.24) is 5.32 Å². The summed E-state index contributed by atoms with van der Waals surface area (Å²) in [5.41, 5.74) is 3.26. The Bertz CT molecular complexity index is 657. The van der Waals surface area contributed by atoms with Gasteiger partial charge in [0.05, 0.1) is 6.04 Å². The molecule has 1 aliphatic rings. The van der Waals surface area contributed by atoms with Gasteiger partial charge in [0.1, 0.15) is 0 Å². The highest BCUT2D eigenvalue weighted by molar-refractivity contribution is 6.30. The highest BCUT2D eigenvalue weighted by Crippen LogP contribution is 2.29. The molecule has 0 unspecified atom stereocenters. The first-order valence-corrected chi connectivity index (χ1v) is 7.51. The molecule has 2 aromatic rings. The molecule has 0 bridgehead atoms. The van der Waals surface area contributed by atoms with Crippen molar-refractivity contribution in [2.45, 2.75) is 25.3 Å². The Hall–Kier alpha value is -2.00. The zero-order valence-corrected chi connectivity index (χ0v) is 12.4. The normalized spacial score (nSPS) is 16.9. The Kier molecular flexibility index (Phi) is 4.11. The Morgan fingerprint density at radius 1 is 1.14 bits per heavy atom. The fourth-order valence-corrected chi connectivity index (χ4v) is 2.99. The maximum absolute atomic E-state index is 12.1. The molecule has 0 heterocycles. The molecule has 2 N–H and O–H groups in total.